The number of hydrogen-bond acceptors (Lipinski definition) is 2. The van der Waals surface area contributed by atoms with Crippen molar-refractivity contribution in [2.24, 2.45) is 0 Å². The summed E-state index contributed by atoms with van der Waals surface area (Å²) in [7, 11) is 1.46. The Labute approximate surface area is 92.6 Å². The van der Waals surface area contributed by atoms with Crippen LogP contribution >= 0.6 is 22.2 Å². The van der Waals surface area contributed by atoms with E-state index < -0.39 is 6.69 Å². The first-order valence-electron chi connectivity index (χ1n) is 4.05. The smallest absolute Gasteiger partial charge is 0.292 e. The predicted molar refractivity (Wildman–Crippen MR) is 60.6 cm³/mol. The monoisotopic (exact) mass is 251 g/mol. The molecule has 0 aromatic carbocycles. The summed E-state index contributed by atoms with van der Waals surface area (Å²) in [6.45, 7) is -0.547. The van der Waals surface area contributed by atoms with E-state index in [1.807, 2.05) is 0 Å². The quantitative estimate of drug-likeness (QED) is 0.608. The minimum Gasteiger partial charge on any atom is -0.491 e. The Kier molecular flexibility index (Phi) is 3.63. The molecule has 0 aliphatic carbocycles. The largest absolute Gasteiger partial charge is 0.491 e. The first-order chi connectivity index (χ1) is 6.44. The molecule has 0 N–H and O–H groups in total. The van der Waals surface area contributed by atoms with Crippen LogP contribution in [-0.2, 0) is 6.17 Å². The Morgan fingerprint density at radius 3 is 2.71 bits per heavy atom. The van der Waals surface area contributed by atoms with Gasteiger partial charge in [-0.25, -0.2) is 0 Å². The van der Waals surface area contributed by atoms with Crippen molar-refractivity contribution in [1.29, 1.82) is 0 Å². The number of pyridine rings is 1. The lowest BCUT2D eigenvalue weighted by molar-refractivity contribution is 0.404. The van der Waals surface area contributed by atoms with Gasteiger partial charge in [0.05, 0.1) is 7.11 Å². The Morgan fingerprint density at radius 1 is 1.57 bits per heavy atom. The average molecular weight is 252 g/mol. The molecule has 14 heavy (non-hydrogen) atoms. The molecule has 0 unspecified atom stereocenters. The summed E-state index contributed by atoms with van der Waals surface area (Å²) in [5.74, 6) is 0.305. The molecule has 1 heterocycles. The molecule has 0 atom stereocenters. The van der Waals surface area contributed by atoms with Crippen LogP contribution in [0.1, 0.15) is 0 Å². The van der Waals surface area contributed by atoms with Crippen molar-refractivity contribution in [3.8, 4) is 5.75 Å². The van der Waals surface area contributed by atoms with E-state index in [4.69, 9.17) is 26.9 Å². The maximum Gasteiger partial charge on any atom is 0.292 e. The zero-order valence-electron chi connectivity index (χ0n) is 7.96. The SMILES string of the molecule is COc1cccn(C[Si](C)(Cl)Cl)c1=O. The van der Waals surface area contributed by atoms with Crippen molar-refractivity contribution in [2.45, 2.75) is 12.7 Å². The molecule has 0 amide bonds. The minimum atomic E-state index is -2.31. The molecule has 0 aliphatic rings. The first kappa shape index (κ1) is 11.6. The van der Waals surface area contributed by atoms with E-state index in [1.165, 1.54) is 11.7 Å². The van der Waals surface area contributed by atoms with E-state index >= 15 is 0 Å². The van der Waals surface area contributed by atoms with Crippen LogP contribution in [0.4, 0.5) is 0 Å². The number of hydrogen-bond donors (Lipinski definition) is 0. The van der Waals surface area contributed by atoms with E-state index in [2.05, 4.69) is 0 Å². The van der Waals surface area contributed by atoms with Crippen LogP contribution < -0.4 is 10.3 Å². The Bertz CT molecular complexity index is 372. The van der Waals surface area contributed by atoms with E-state index in [1.54, 1.807) is 24.9 Å². The second kappa shape index (κ2) is 4.38. The maximum absolute atomic E-state index is 11.6. The van der Waals surface area contributed by atoms with Gasteiger partial charge in [-0.05, 0) is 18.7 Å². The van der Waals surface area contributed by atoms with Crippen LogP contribution in [0.3, 0.4) is 0 Å². The average Bonchev–Trinajstić information content (AvgIpc) is 2.06. The fourth-order valence-electron chi connectivity index (χ4n) is 1.09. The Balaban J connectivity index is 3.05. The standard InChI is InChI=1S/C8H11Cl2NO2Si/c1-13-7-4-3-5-11(8(7)12)6-14(2,9)10/h3-5H,6H2,1-2H3. The van der Waals surface area contributed by atoms with Crippen molar-refractivity contribution in [1.82, 2.24) is 4.57 Å². The Hall–Kier alpha value is -0.453. The van der Waals surface area contributed by atoms with Crippen LogP contribution in [-0.4, -0.2) is 18.4 Å². The van der Waals surface area contributed by atoms with Gasteiger partial charge < -0.3 is 9.30 Å². The summed E-state index contributed by atoms with van der Waals surface area (Å²) in [6.07, 6.45) is 2.02. The number of rotatable bonds is 3. The van der Waals surface area contributed by atoms with Crippen LogP contribution in [0.5, 0.6) is 5.75 Å². The molecular formula is C8H11Cl2NO2Si. The minimum absolute atomic E-state index is 0.199. The maximum atomic E-state index is 11.6. The second-order valence-corrected chi connectivity index (χ2v) is 11.1. The zero-order chi connectivity index (χ0) is 10.8. The van der Waals surface area contributed by atoms with E-state index in [9.17, 15) is 4.79 Å². The summed E-state index contributed by atoms with van der Waals surface area (Å²) < 4.78 is 6.37. The molecular weight excluding hydrogens is 241 g/mol. The van der Waals surface area contributed by atoms with Gasteiger partial charge in [-0.3, -0.25) is 4.79 Å². The van der Waals surface area contributed by atoms with E-state index in [0.717, 1.165) is 0 Å². The topological polar surface area (TPSA) is 31.2 Å². The highest BCUT2D eigenvalue weighted by atomic mass is 35.7. The van der Waals surface area contributed by atoms with Crippen molar-refractivity contribution < 1.29 is 4.74 Å². The third-order valence-corrected chi connectivity index (χ3v) is 3.27. The highest BCUT2D eigenvalue weighted by Gasteiger charge is 2.22. The molecule has 0 bridgehead atoms. The predicted octanol–water partition coefficient (Wildman–Crippen LogP) is 1.95. The Morgan fingerprint density at radius 2 is 2.21 bits per heavy atom. The van der Waals surface area contributed by atoms with Gasteiger partial charge in [0, 0.05) is 12.4 Å². The van der Waals surface area contributed by atoms with Gasteiger partial charge in [-0.2, -0.15) is 0 Å². The molecule has 0 spiro atoms. The summed E-state index contributed by atoms with van der Waals surface area (Å²) in [5.41, 5.74) is -0.199. The van der Waals surface area contributed by atoms with Crippen LogP contribution in [0.25, 0.3) is 0 Å². The molecule has 78 valence electrons. The molecule has 0 aliphatic heterocycles. The molecule has 0 radical (unpaired) electrons. The fraction of sp³-hybridized carbons (Fsp3) is 0.375. The van der Waals surface area contributed by atoms with Gasteiger partial charge >= 0.3 is 0 Å². The lowest BCUT2D eigenvalue weighted by atomic mass is 10.4. The highest BCUT2D eigenvalue weighted by Crippen LogP contribution is 2.15. The van der Waals surface area contributed by atoms with Gasteiger partial charge in [-0.15, -0.1) is 22.2 Å². The molecule has 3 nitrogen and oxygen atoms in total. The summed E-state index contributed by atoms with van der Waals surface area (Å²) in [6, 6.07) is 3.34. The summed E-state index contributed by atoms with van der Waals surface area (Å²) in [4.78, 5) is 11.6. The summed E-state index contributed by atoms with van der Waals surface area (Å²) in [5, 5.41) is 0. The fourth-order valence-corrected chi connectivity index (χ4v) is 2.71. The van der Waals surface area contributed by atoms with E-state index in [-0.39, 0.29) is 5.56 Å². The van der Waals surface area contributed by atoms with Crippen molar-refractivity contribution in [3.63, 3.8) is 0 Å². The van der Waals surface area contributed by atoms with Crippen LogP contribution in [0, 0.1) is 0 Å². The third-order valence-electron chi connectivity index (χ3n) is 1.65. The number of methoxy groups -OCH3 is 1. The number of ether oxygens (including phenoxy) is 1. The van der Waals surface area contributed by atoms with Gasteiger partial charge in [0.25, 0.3) is 12.3 Å². The zero-order valence-corrected chi connectivity index (χ0v) is 10.5. The third kappa shape index (κ3) is 3.04. The molecule has 1 aromatic rings. The summed E-state index contributed by atoms with van der Waals surface area (Å²) >= 11 is 11.9. The van der Waals surface area contributed by atoms with E-state index in [0.29, 0.717) is 11.9 Å². The van der Waals surface area contributed by atoms with Crippen molar-refractivity contribution in [2.75, 3.05) is 7.11 Å². The van der Waals surface area contributed by atoms with Crippen LogP contribution in [0.2, 0.25) is 6.55 Å². The first-order valence-corrected chi connectivity index (χ1v) is 8.78. The lowest BCUT2D eigenvalue weighted by Crippen LogP contribution is -2.30. The van der Waals surface area contributed by atoms with Gasteiger partial charge in [0.2, 0.25) is 0 Å². The second-order valence-electron chi connectivity index (χ2n) is 3.08. The highest BCUT2D eigenvalue weighted by molar-refractivity contribution is 7.44. The number of nitrogens with zero attached hydrogens (tertiary/aromatic N) is 1. The number of aromatic nitrogens is 1. The molecule has 1 rings (SSSR count). The molecule has 1 aromatic heterocycles. The lowest BCUT2D eigenvalue weighted by Gasteiger charge is -2.12. The molecule has 0 saturated carbocycles. The van der Waals surface area contributed by atoms with Crippen LogP contribution in [0.15, 0.2) is 23.1 Å². The normalized spacial score (nSPS) is 11.4. The number of halogens is 2. The van der Waals surface area contributed by atoms with Gasteiger partial charge in [-0.1, -0.05) is 0 Å². The molecule has 0 fully saturated rings. The van der Waals surface area contributed by atoms with Crippen molar-refractivity contribution in [3.05, 3.63) is 28.7 Å². The molecule has 6 heteroatoms. The van der Waals surface area contributed by atoms with Crippen molar-refractivity contribution >= 4 is 28.9 Å². The van der Waals surface area contributed by atoms with Gasteiger partial charge in [0.1, 0.15) is 0 Å². The van der Waals surface area contributed by atoms with Gasteiger partial charge in [0.15, 0.2) is 5.75 Å². The molecule has 0 saturated heterocycles.